The Kier molecular flexibility index (Phi) is 7.44. The molecule has 2 aromatic carbocycles. The van der Waals surface area contributed by atoms with Gasteiger partial charge in [-0.05, 0) is 43.7 Å². The second-order valence-corrected chi connectivity index (χ2v) is 8.82. The fourth-order valence-electron chi connectivity index (χ4n) is 5.04. The number of carbonyl (C=O) groups is 1. The number of carbonyl (C=O) groups excluding carboxylic acids is 1. The average molecular weight is 519 g/mol. The summed E-state index contributed by atoms with van der Waals surface area (Å²) in [5, 5.41) is 23.5. The molecule has 37 heavy (non-hydrogen) atoms. The summed E-state index contributed by atoms with van der Waals surface area (Å²) in [6.45, 7) is 3.40. The Morgan fingerprint density at radius 2 is 1.97 bits per heavy atom. The molecule has 200 valence electrons. The molecule has 0 aliphatic carbocycles. The Morgan fingerprint density at radius 3 is 2.59 bits per heavy atom. The highest BCUT2D eigenvalue weighted by molar-refractivity contribution is 5.67. The summed E-state index contributed by atoms with van der Waals surface area (Å²) in [6, 6.07) is 8.50. The molecule has 2 aliphatic heterocycles. The normalized spacial score (nSPS) is 24.2. The third-order valence-corrected chi connectivity index (χ3v) is 6.70. The molecule has 4 atom stereocenters. The number of nitro groups is 1. The molecule has 4 rings (SSSR count). The van der Waals surface area contributed by atoms with E-state index in [0.717, 1.165) is 5.56 Å². The minimum Gasteiger partial charge on any atom is -0.497 e. The number of aliphatic hydroxyl groups excluding tert-OH is 1. The molecule has 0 radical (unpaired) electrons. The first-order chi connectivity index (χ1) is 17.7. The third-order valence-electron chi connectivity index (χ3n) is 6.70. The molecule has 12 heteroatoms. The van der Waals surface area contributed by atoms with Crippen LogP contribution in [0.2, 0.25) is 0 Å². The Balaban J connectivity index is 1.91. The minimum absolute atomic E-state index is 0.114. The van der Waals surface area contributed by atoms with Gasteiger partial charge in [-0.2, -0.15) is 0 Å². The van der Waals surface area contributed by atoms with Crippen molar-refractivity contribution >= 4 is 17.5 Å². The maximum absolute atomic E-state index is 12.4. The van der Waals surface area contributed by atoms with Gasteiger partial charge in [-0.1, -0.05) is 0 Å². The summed E-state index contributed by atoms with van der Waals surface area (Å²) in [4.78, 5) is 25.2. The van der Waals surface area contributed by atoms with Gasteiger partial charge in [-0.25, -0.2) is 4.79 Å². The second-order valence-electron chi connectivity index (χ2n) is 8.82. The molecule has 2 aliphatic rings. The largest absolute Gasteiger partial charge is 0.510 e. The standard InChI is InChI=1S/C25H30N2O10/c1-6-35-24(29)36-20-12-14-11-16(32-3)8-9-18(14)26(20)21-17-13-15(27(30)31)7-10-19(17)37-25(2,22(21)28)23(33-4)34-5/h7-11,13,20-23,28H,6,12H2,1-5H3/t20-,21-,22+,25-/m0/s1. The van der Waals surface area contributed by atoms with Crippen molar-refractivity contribution in [1.82, 2.24) is 0 Å². The number of hydrogen-bond acceptors (Lipinski definition) is 11. The highest BCUT2D eigenvalue weighted by Gasteiger charge is 2.56. The topological polar surface area (TPSA) is 139 Å². The quantitative estimate of drug-likeness (QED) is 0.238. The van der Waals surface area contributed by atoms with Crippen LogP contribution >= 0.6 is 0 Å². The number of benzene rings is 2. The molecule has 0 unspecified atom stereocenters. The zero-order valence-electron chi connectivity index (χ0n) is 21.2. The number of methoxy groups -OCH3 is 3. The maximum atomic E-state index is 12.4. The van der Waals surface area contributed by atoms with Crippen LogP contribution in [0.25, 0.3) is 0 Å². The summed E-state index contributed by atoms with van der Waals surface area (Å²) < 4.78 is 33.2. The van der Waals surface area contributed by atoms with Crippen LogP contribution in [0.4, 0.5) is 16.2 Å². The minimum atomic E-state index is -1.44. The SMILES string of the molecule is CCOC(=O)O[C@H]1Cc2cc(OC)ccc2N1[C@H]1c2cc([N+](=O)[O-])ccc2O[C@](C)(C(OC)OC)[C@@H]1O. The molecule has 0 saturated carbocycles. The van der Waals surface area contributed by atoms with Gasteiger partial charge in [0.25, 0.3) is 5.69 Å². The first-order valence-electron chi connectivity index (χ1n) is 11.7. The van der Waals surface area contributed by atoms with E-state index >= 15 is 0 Å². The number of nitrogens with zero attached hydrogens (tertiary/aromatic N) is 2. The van der Waals surface area contributed by atoms with Gasteiger partial charge in [0.05, 0.1) is 24.7 Å². The second kappa shape index (κ2) is 10.4. The molecule has 12 nitrogen and oxygen atoms in total. The zero-order valence-corrected chi connectivity index (χ0v) is 21.2. The number of non-ortho nitro benzene ring substituents is 1. The smallest absolute Gasteiger partial charge is 0.497 e. The first kappa shape index (κ1) is 26.5. The van der Waals surface area contributed by atoms with E-state index < -0.39 is 41.3 Å². The van der Waals surface area contributed by atoms with E-state index in [9.17, 15) is 20.0 Å². The summed E-state index contributed by atoms with van der Waals surface area (Å²) in [5.74, 6) is 0.891. The van der Waals surface area contributed by atoms with E-state index in [4.69, 9.17) is 28.4 Å². The number of aliphatic hydroxyl groups is 1. The van der Waals surface area contributed by atoms with Crippen molar-refractivity contribution in [2.75, 3.05) is 32.8 Å². The van der Waals surface area contributed by atoms with Crippen molar-refractivity contribution in [1.29, 1.82) is 0 Å². The van der Waals surface area contributed by atoms with Gasteiger partial charge < -0.3 is 38.4 Å². The molecule has 0 fully saturated rings. The number of rotatable bonds is 8. The molecule has 0 bridgehead atoms. The van der Waals surface area contributed by atoms with Gasteiger partial charge in [-0.3, -0.25) is 10.1 Å². The summed E-state index contributed by atoms with van der Waals surface area (Å²) in [5.41, 5.74) is 0.144. The summed E-state index contributed by atoms with van der Waals surface area (Å²) in [6.07, 6.45) is -3.88. The van der Waals surface area contributed by atoms with Gasteiger partial charge in [0.15, 0.2) is 18.1 Å². The monoisotopic (exact) mass is 518 g/mol. The predicted octanol–water partition coefficient (Wildman–Crippen LogP) is 3.34. The maximum Gasteiger partial charge on any atom is 0.510 e. The molecule has 1 N–H and O–H groups in total. The highest BCUT2D eigenvalue weighted by atomic mass is 16.7. The van der Waals surface area contributed by atoms with Gasteiger partial charge in [-0.15, -0.1) is 0 Å². The lowest BCUT2D eigenvalue weighted by atomic mass is 9.83. The van der Waals surface area contributed by atoms with E-state index in [1.165, 1.54) is 32.4 Å². The molecular weight excluding hydrogens is 488 g/mol. The van der Waals surface area contributed by atoms with E-state index in [-0.39, 0.29) is 18.7 Å². The van der Waals surface area contributed by atoms with E-state index in [2.05, 4.69) is 0 Å². The lowest BCUT2D eigenvalue weighted by Gasteiger charge is -2.50. The number of ether oxygens (including phenoxy) is 6. The van der Waals surface area contributed by atoms with E-state index in [1.807, 2.05) is 6.07 Å². The molecule has 0 aromatic heterocycles. The Labute approximate surface area is 213 Å². The zero-order chi connectivity index (χ0) is 26.9. The lowest BCUT2D eigenvalue weighted by Crippen LogP contribution is -2.63. The van der Waals surface area contributed by atoms with Crippen LogP contribution in [-0.2, 0) is 25.4 Å². The van der Waals surface area contributed by atoms with Crippen molar-refractivity contribution in [3.63, 3.8) is 0 Å². The van der Waals surface area contributed by atoms with Gasteiger partial charge >= 0.3 is 6.16 Å². The molecule has 0 spiro atoms. The van der Waals surface area contributed by atoms with E-state index in [1.54, 1.807) is 38.0 Å². The molecule has 2 aromatic rings. The van der Waals surface area contributed by atoms with E-state index in [0.29, 0.717) is 22.7 Å². The molecule has 0 amide bonds. The third kappa shape index (κ3) is 4.63. The van der Waals surface area contributed by atoms with Crippen LogP contribution in [0.3, 0.4) is 0 Å². The van der Waals surface area contributed by atoms with Crippen molar-refractivity contribution < 1.29 is 43.2 Å². The summed E-state index contributed by atoms with van der Waals surface area (Å²) >= 11 is 0. The number of fused-ring (bicyclic) bond motifs is 2. The summed E-state index contributed by atoms with van der Waals surface area (Å²) in [7, 11) is 4.37. The van der Waals surface area contributed by atoms with Crippen molar-refractivity contribution in [2.45, 2.75) is 50.5 Å². The van der Waals surface area contributed by atoms with Crippen LogP contribution in [-0.4, -0.2) is 68.3 Å². The van der Waals surface area contributed by atoms with Crippen LogP contribution in [0.5, 0.6) is 11.5 Å². The Morgan fingerprint density at radius 1 is 1.24 bits per heavy atom. The fourth-order valence-corrected chi connectivity index (χ4v) is 5.04. The average Bonchev–Trinajstić information content (AvgIpc) is 3.21. The predicted molar refractivity (Wildman–Crippen MR) is 130 cm³/mol. The first-order valence-corrected chi connectivity index (χ1v) is 11.7. The van der Waals surface area contributed by atoms with Gasteiger partial charge in [0, 0.05) is 44.0 Å². The Bertz CT molecular complexity index is 1170. The van der Waals surface area contributed by atoms with Crippen molar-refractivity contribution in [2.24, 2.45) is 0 Å². The van der Waals surface area contributed by atoms with Crippen molar-refractivity contribution in [3.8, 4) is 11.5 Å². The van der Waals surface area contributed by atoms with Crippen LogP contribution < -0.4 is 14.4 Å². The van der Waals surface area contributed by atoms with Gasteiger partial charge in [0.1, 0.15) is 17.6 Å². The fraction of sp³-hybridized carbons (Fsp3) is 0.480. The van der Waals surface area contributed by atoms with Crippen LogP contribution in [0.15, 0.2) is 36.4 Å². The Hall–Kier alpha value is -3.61. The lowest BCUT2D eigenvalue weighted by molar-refractivity contribution is -0.385. The highest BCUT2D eigenvalue weighted by Crippen LogP contribution is 2.50. The molecule has 2 heterocycles. The number of nitro benzene ring substituents is 1. The number of hydrogen-bond donors (Lipinski definition) is 1. The molecule has 0 saturated heterocycles. The van der Waals surface area contributed by atoms with Crippen LogP contribution in [0.1, 0.15) is 31.0 Å². The number of anilines is 1. The van der Waals surface area contributed by atoms with Crippen LogP contribution in [0, 0.1) is 10.1 Å². The molecular formula is C25H30N2O10. The van der Waals surface area contributed by atoms with Crippen molar-refractivity contribution in [3.05, 3.63) is 57.6 Å². The van der Waals surface area contributed by atoms with Gasteiger partial charge in [0.2, 0.25) is 0 Å².